The number of methoxy groups -OCH3 is 1. The Morgan fingerprint density at radius 1 is 1.62 bits per heavy atom. The lowest BCUT2D eigenvalue weighted by Crippen LogP contribution is -2.38. The van der Waals surface area contributed by atoms with Crippen LogP contribution in [0, 0.1) is 0 Å². The molecule has 0 aliphatic rings. The number of rotatable bonds is 6. The molecule has 0 spiro atoms. The van der Waals surface area contributed by atoms with E-state index in [2.05, 4.69) is 20.7 Å². The summed E-state index contributed by atoms with van der Waals surface area (Å²) in [7, 11) is -1.98. The van der Waals surface area contributed by atoms with Crippen molar-refractivity contribution in [3.05, 3.63) is 16.5 Å². The highest BCUT2D eigenvalue weighted by molar-refractivity contribution is 9.09. The Morgan fingerprint density at radius 2 is 2.31 bits per heavy atom. The topological polar surface area (TPSA) is 55.4 Å². The van der Waals surface area contributed by atoms with Crippen LogP contribution in [0.3, 0.4) is 0 Å². The molecule has 1 heterocycles. The number of sulfonamides is 1. The first-order chi connectivity index (χ1) is 7.49. The van der Waals surface area contributed by atoms with Gasteiger partial charge in [-0.3, -0.25) is 0 Å². The van der Waals surface area contributed by atoms with E-state index in [9.17, 15) is 8.42 Å². The molecule has 1 rings (SSSR count). The summed E-state index contributed by atoms with van der Waals surface area (Å²) in [5.74, 6) is 0. The molecule has 0 aromatic carbocycles. The van der Waals surface area contributed by atoms with Gasteiger partial charge in [0.15, 0.2) is 0 Å². The molecule has 8 heteroatoms. The van der Waals surface area contributed by atoms with Gasteiger partial charge in [-0.25, -0.2) is 13.1 Å². The van der Waals surface area contributed by atoms with Crippen LogP contribution < -0.4 is 4.72 Å². The zero-order chi connectivity index (χ0) is 12.2. The number of hydrogen-bond acceptors (Lipinski definition) is 4. The highest BCUT2D eigenvalue weighted by Gasteiger charge is 2.20. The summed E-state index contributed by atoms with van der Waals surface area (Å²) in [5, 5.41) is 0.485. The number of ether oxygens (including phenoxy) is 1. The highest BCUT2D eigenvalue weighted by atomic mass is 79.9. The van der Waals surface area contributed by atoms with E-state index in [-0.39, 0.29) is 10.3 Å². The van der Waals surface area contributed by atoms with E-state index in [0.717, 1.165) is 11.3 Å². The van der Waals surface area contributed by atoms with E-state index in [4.69, 9.17) is 16.3 Å². The third kappa shape index (κ3) is 3.97. The number of alkyl halides is 1. The van der Waals surface area contributed by atoms with Crippen molar-refractivity contribution >= 4 is 48.9 Å². The second-order valence-corrected chi connectivity index (χ2v) is 7.29. The molecule has 1 N–H and O–H groups in total. The zero-order valence-electron chi connectivity index (χ0n) is 8.44. The van der Waals surface area contributed by atoms with Gasteiger partial charge in [0, 0.05) is 12.4 Å². The predicted molar refractivity (Wildman–Crippen MR) is 69.1 cm³/mol. The molecule has 92 valence electrons. The van der Waals surface area contributed by atoms with Gasteiger partial charge >= 0.3 is 0 Å². The largest absolute Gasteiger partial charge is 0.383 e. The standard InChI is InChI=1S/C8H11BrClNO3S2/c1-14-5-6(4-9)11-16(12,13)8-3-2-7(10)15-8/h2-3,6,11H,4-5H2,1H3. The number of halogens is 2. The number of thiophene rings is 1. The van der Waals surface area contributed by atoms with Gasteiger partial charge in [0.25, 0.3) is 0 Å². The van der Waals surface area contributed by atoms with Crippen molar-refractivity contribution in [2.75, 3.05) is 19.0 Å². The average molecular weight is 349 g/mol. The predicted octanol–water partition coefficient (Wildman–Crippen LogP) is 2.09. The molecule has 0 aliphatic carbocycles. The van der Waals surface area contributed by atoms with Crippen LogP contribution in [0.15, 0.2) is 16.3 Å². The minimum Gasteiger partial charge on any atom is -0.383 e. The second-order valence-electron chi connectivity index (χ2n) is 2.99. The van der Waals surface area contributed by atoms with Gasteiger partial charge in [0.05, 0.1) is 17.0 Å². The van der Waals surface area contributed by atoms with E-state index in [1.807, 2.05) is 0 Å². The monoisotopic (exact) mass is 347 g/mol. The van der Waals surface area contributed by atoms with Gasteiger partial charge in [0.1, 0.15) is 4.21 Å². The van der Waals surface area contributed by atoms with Crippen molar-refractivity contribution in [2.24, 2.45) is 0 Å². The summed E-state index contributed by atoms with van der Waals surface area (Å²) in [5.41, 5.74) is 0. The van der Waals surface area contributed by atoms with E-state index in [0.29, 0.717) is 16.3 Å². The molecule has 0 fully saturated rings. The van der Waals surface area contributed by atoms with Crippen molar-refractivity contribution < 1.29 is 13.2 Å². The summed E-state index contributed by atoms with van der Waals surface area (Å²) >= 11 is 9.93. The lowest BCUT2D eigenvalue weighted by atomic mass is 10.4. The Bertz CT molecular complexity index is 434. The van der Waals surface area contributed by atoms with Crippen LogP contribution in [0.2, 0.25) is 4.34 Å². The van der Waals surface area contributed by atoms with E-state index < -0.39 is 10.0 Å². The third-order valence-corrected chi connectivity index (χ3v) is 5.71. The fraction of sp³-hybridized carbons (Fsp3) is 0.500. The highest BCUT2D eigenvalue weighted by Crippen LogP contribution is 2.25. The maximum Gasteiger partial charge on any atom is 0.250 e. The van der Waals surface area contributed by atoms with Crippen LogP contribution in [-0.2, 0) is 14.8 Å². The minimum atomic E-state index is -3.50. The third-order valence-electron chi connectivity index (χ3n) is 1.69. The molecule has 16 heavy (non-hydrogen) atoms. The van der Waals surface area contributed by atoms with Crippen LogP contribution in [0.5, 0.6) is 0 Å². The molecule has 0 bridgehead atoms. The van der Waals surface area contributed by atoms with Crippen LogP contribution in [0.4, 0.5) is 0 Å². The Morgan fingerprint density at radius 3 is 2.75 bits per heavy atom. The van der Waals surface area contributed by atoms with Crippen molar-refractivity contribution in [1.82, 2.24) is 4.72 Å². The Hall–Kier alpha value is 0.340. The fourth-order valence-electron chi connectivity index (χ4n) is 1.03. The number of nitrogens with one attached hydrogen (secondary N) is 1. The van der Waals surface area contributed by atoms with Gasteiger partial charge < -0.3 is 4.74 Å². The smallest absolute Gasteiger partial charge is 0.250 e. The van der Waals surface area contributed by atoms with Crippen molar-refractivity contribution in [3.63, 3.8) is 0 Å². The second kappa shape index (κ2) is 6.32. The molecule has 0 saturated heterocycles. The van der Waals surface area contributed by atoms with Crippen molar-refractivity contribution in [3.8, 4) is 0 Å². The molecule has 1 atom stereocenters. The van der Waals surface area contributed by atoms with Crippen molar-refractivity contribution in [2.45, 2.75) is 10.3 Å². The summed E-state index contributed by atoms with van der Waals surface area (Å²) in [4.78, 5) is 0. The first-order valence-electron chi connectivity index (χ1n) is 4.32. The normalized spacial score (nSPS) is 13.9. The van der Waals surface area contributed by atoms with Gasteiger partial charge in [-0.05, 0) is 12.1 Å². The molecule has 1 aromatic heterocycles. The van der Waals surface area contributed by atoms with E-state index in [1.165, 1.54) is 13.2 Å². The van der Waals surface area contributed by atoms with Gasteiger partial charge in [0.2, 0.25) is 10.0 Å². The minimum absolute atomic E-state index is 0.208. The molecular formula is C8H11BrClNO3S2. The fourth-order valence-corrected chi connectivity index (χ4v) is 4.31. The molecule has 0 radical (unpaired) electrons. The Kier molecular flexibility index (Phi) is 5.69. The SMILES string of the molecule is COCC(CBr)NS(=O)(=O)c1ccc(Cl)s1. The molecule has 4 nitrogen and oxygen atoms in total. The van der Waals surface area contributed by atoms with Gasteiger partial charge in [-0.15, -0.1) is 11.3 Å². The summed E-state index contributed by atoms with van der Waals surface area (Å²) in [6.45, 7) is 0.309. The molecule has 0 aliphatic heterocycles. The maximum absolute atomic E-state index is 11.9. The molecule has 0 saturated carbocycles. The van der Waals surface area contributed by atoms with Crippen LogP contribution in [0.25, 0.3) is 0 Å². The lowest BCUT2D eigenvalue weighted by Gasteiger charge is -2.14. The molecule has 1 aromatic rings. The lowest BCUT2D eigenvalue weighted by molar-refractivity contribution is 0.182. The number of hydrogen-bond donors (Lipinski definition) is 1. The van der Waals surface area contributed by atoms with Crippen LogP contribution in [0.1, 0.15) is 0 Å². The van der Waals surface area contributed by atoms with Gasteiger partial charge in [-0.1, -0.05) is 27.5 Å². The molecular weight excluding hydrogens is 338 g/mol. The van der Waals surface area contributed by atoms with Crippen molar-refractivity contribution in [1.29, 1.82) is 0 Å². The van der Waals surface area contributed by atoms with Crippen LogP contribution >= 0.6 is 38.9 Å². The summed E-state index contributed by atoms with van der Waals surface area (Å²) < 4.78 is 31.8. The maximum atomic E-state index is 11.9. The summed E-state index contributed by atoms with van der Waals surface area (Å²) in [6, 6.07) is 2.74. The first-order valence-corrected chi connectivity index (χ1v) is 8.12. The van der Waals surface area contributed by atoms with Gasteiger partial charge in [-0.2, -0.15) is 0 Å². The quantitative estimate of drug-likeness (QED) is 0.801. The molecule has 0 amide bonds. The zero-order valence-corrected chi connectivity index (χ0v) is 12.4. The summed E-state index contributed by atoms with van der Waals surface area (Å²) in [6.07, 6.45) is 0. The molecule has 1 unspecified atom stereocenters. The van der Waals surface area contributed by atoms with E-state index in [1.54, 1.807) is 6.07 Å². The van der Waals surface area contributed by atoms with Crippen LogP contribution in [-0.4, -0.2) is 33.5 Å². The van der Waals surface area contributed by atoms with E-state index >= 15 is 0 Å². The first kappa shape index (κ1) is 14.4. The average Bonchev–Trinajstić information content (AvgIpc) is 2.64. The Labute approximate surface area is 112 Å². The Balaban J connectivity index is 2.78.